The number of halogens is 2. The van der Waals surface area contributed by atoms with E-state index in [0.29, 0.717) is 26.8 Å². The van der Waals surface area contributed by atoms with E-state index in [2.05, 4.69) is 15.9 Å². The van der Waals surface area contributed by atoms with Crippen LogP contribution < -0.4 is 10.5 Å². The second kappa shape index (κ2) is 6.25. The molecule has 7 heteroatoms. The van der Waals surface area contributed by atoms with E-state index in [0.717, 1.165) is 0 Å². The fourth-order valence-corrected chi connectivity index (χ4v) is 3.92. The number of rotatable bonds is 1. The van der Waals surface area contributed by atoms with Crippen molar-refractivity contribution in [2.75, 3.05) is 0 Å². The van der Waals surface area contributed by atoms with Gasteiger partial charge < -0.3 is 10.5 Å². The first-order valence-electron chi connectivity index (χ1n) is 8.10. The molecule has 1 atom stereocenters. The summed E-state index contributed by atoms with van der Waals surface area (Å²) in [5.74, 6) is -1.37. The van der Waals surface area contributed by atoms with Gasteiger partial charge in [0.15, 0.2) is 5.75 Å². The van der Waals surface area contributed by atoms with E-state index < -0.39 is 11.7 Å². The lowest BCUT2D eigenvalue weighted by atomic mass is 9.86. The molecule has 3 aromatic rings. The molecule has 0 spiro atoms. The number of nitriles is 1. The van der Waals surface area contributed by atoms with E-state index in [1.54, 1.807) is 30.3 Å². The number of benzene rings is 2. The largest absolute Gasteiger partial charge is 0.438 e. The summed E-state index contributed by atoms with van der Waals surface area (Å²) >= 11 is 3.34. The molecule has 0 radical (unpaired) electrons. The molecule has 0 fully saturated rings. The Balaban J connectivity index is 2.15. The van der Waals surface area contributed by atoms with Gasteiger partial charge in [0, 0.05) is 22.3 Å². The van der Waals surface area contributed by atoms with Gasteiger partial charge in [0.1, 0.15) is 17.5 Å². The van der Waals surface area contributed by atoms with Crippen LogP contribution in [0.1, 0.15) is 28.9 Å². The predicted octanol–water partition coefficient (Wildman–Crippen LogP) is 4.42. The van der Waals surface area contributed by atoms with Gasteiger partial charge in [0.25, 0.3) is 0 Å². The average molecular weight is 426 g/mol. The van der Waals surface area contributed by atoms with Crippen LogP contribution >= 0.6 is 15.9 Å². The molecule has 1 unspecified atom stereocenters. The summed E-state index contributed by atoms with van der Waals surface area (Å²) in [5, 5.41) is 10.4. The number of para-hydroxylation sites is 1. The molecule has 1 aliphatic heterocycles. The van der Waals surface area contributed by atoms with Crippen molar-refractivity contribution in [3.8, 4) is 11.8 Å². The number of nitrogens with two attached hydrogens (primary N) is 1. The maximum atomic E-state index is 14.7. The molecule has 1 aliphatic rings. The zero-order valence-corrected chi connectivity index (χ0v) is 15.7. The van der Waals surface area contributed by atoms with Gasteiger partial charge in [-0.1, -0.05) is 28.1 Å². The van der Waals surface area contributed by atoms with Gasteiger partial charge in [-0.2, -0.15) is 5.26 Å². The van der Waals surface area contributed by atoms with Crippen LogP contribution in [0.3, 0.4) is 0 Å². The number of ether oxygens (including phenoxy) is 1. The minimum atomic E-state index is -0.868. The zero-order chi connectivity index (χ0) is 19.3. The molecular formula is C20H13BrFN3O2. The Labute approximate surface area is 162 Å². The summed E-state index contributed by atoms with van der Waals surface area (Å²) in [4.78, 5) is 12.5. The van der Waals surface area contributed by atoms with Gasteiger partial charge in [0.2, 0.25) is 11.8 Å². The number of carbonyl (C=O) groups is 1. The molecule has 27 heavy (non-hydrogen) atoms. The quantitative estimate of drug-likeness (QED) is 0.625. The van der Waals surface area contributed by atoms with Crippen molar-refractivity contribution in [2.24, 2.45) is 5.73 Å². The Hall–Kier alpha value is -3.11. The van der Waals surface area contributed by atoms with Crippen LogP contribution in [0.25, 0.3) is 10.9 Å². The van der Waals surface area contributed by atoms with Crippen molar-refractivity contribution in [3.63, 3.8) is 0 Å². The second-order valence-corrected chi connectivity index (χ2v) is 7.09. The van der Waals surface area contributed by atoms with Crippen LogP contribution in [0.15, 0.2) is 58.4 Å². The molecule has 2 heterocycles. The first-order valence-corrected chi connectivity index (χ1v) is 8.90. The standard InChI is InChI=1S/C20H13BrFN3O2/c1-10(26)25-16-5-3-2-4-12(16)19-18(25)17(14(9-23)20(24)27-19)13-8-11(21)6-7-15(13)22/h2-8,17H,24H2,1H3. The van der Waals surface area contributed by atoms with Crippen LogP contribution in [0.2, 0.25) is 0 Å². The lowest BCUT2D eigenvalue weighted by Gasteiger charge is -2.26. The molecule has 0 saturated heterocycles. The lowest BCUT2D eigenvalue weighted by Crippen LogP contribution is -2.24. The fourth-order valence-electron chi connectivity index (χ4n) is 3.54. The molecular weight excluding hydrogens is 413 g/mol. The summed E-state index contributed by atoms with van der Waals surface area (Å²) < 4.78 is 22.6. The van der Waals surface area contributed by atoms with Gasteiger partial charge in [-0.25, -0.2) is 4.39 Å². The summed E-state index contributed by atoms with van der Waals surface area (Å²) in [7, 11) is 0. The number of nitrogens with zero attached hydrogens (tertiary/aromatic N) is 2. The Morgan fingerprint density at radius 1 is 1.33 bits per heavy atom. The van der Waals surface area contributed by atoms with Gasteiger partial charge >= 0.3 is 0 Å². The third-order valence-electron chi connectivity index (χ3n) is 4.61. The smallest absolute Gasteiger partial charge is 0.228 e. The third-order valence-corrected chi connectivity index (χ3v) is 5.10. The van der Waals surface area contributed by atoms with Crippen molar-refractivity contribution < 1.29 is 13.9 Å². The molecule has 134 valence electrons. The van der Waals surface area contributed by atoms with Crippen LogP contribution in [0.5, 0.6) is 5.75 Å². The van der Waals surface area contributed by atoms with E-state index >= 15 is 0 Å². The van der Waals surface area contributed by atoms with E-state index in [9.17, 15) is 14.4 Å². The minimum absolute atomic E-state index is 0.0600. The van der Waals surface area contributed by atoms with Gasteiger partial charge in [-0.15, -0.1) is 0 Å². The van der Waals surface area contributed by atoms with E-state index in [1.807, 2.05) is 12.1 Å². The second-order valence-electron chi connectivity index (χ2n) is 6.18. The zero-order valence-electron chi connectivity index (χ0n) is 14.2. The SMILES string of the molecule is CC(=O)n1c2c(c3ccccc31)OC(N)=C(C#N)C2c1cc(Br)ccc1F. The number of fused-ring (bicyclic) bond motifs is 3. The number of aromatic nitrogens is 1. The van der Waals surface area contributed by atoms with Gasteiger partial charge in [-0.05, 0) is 30.3 Å². The van der Waals surface area contributed by atoms with Crippen LogP contribution in [-0.2, 0) is 0 Å². The lowest BCUT2D eigenvalue weighted by molar-refractivity contribution is 0.0937. The molecule has 0 saturated carbocycles. The maximum Gasteiger partial charge on any atom is 0.228 e. The maximum absolute atomic E-state index is 14.7. The Morgan fingerprint density at radius 3 is 2.78 bits per heavy atom. The predicted molar refractivity (Wildman–Crippen MR) is 102 cm³/mol. The summed E-state index contributed by atoms with van der Waals surface area (Å²) in [6, 6.07) is 13.7. The van der Waals surface area contributed by atoms with Crippen molar-refractivity contribution >= 4 is 32.7 Å². The van der Waals surface area contributed by atoms with Gasteiger partial charge in [-0.3, -0.25) is 9.36 Å². The highest BCUT2D eigenvalue weighted by molar-refractivity contribution is 9.10. The highest BCUT2D eigenvalue weighted by Crippen LogP contribution is 2.48. The first-order chi connectivity index (χ1) is 12.9. The number of allylic oxidation sites excluding steroid dienone is 1. The van der Waals surface area contributed by atoms with E-state index in [-0.39, 0.29) is 22.9 Å². The van der Waals surface area contributed by atoms with Crippen LogP contribution in [0, 0.1) is 17.1 Å². The van der Waals surface area contributed by atoms with Crippen molar-refractivity contribution in [3.05, 3.63) is 75.5 Å². The molecule has 0 aliphatic carbocycles. The fraction of sp³-hybridized carbons (Fsp3) is 0.100. The van der Waals surface area contributed by atoms with Gasteiger partial charge in [0.05, 0.1) is 17.1 Å². The molecule has 4 rings (SSSR count). The van der Waals surface area contributed by atoms with E-state index in [4.69, 9.17) is 10.5 Å². The van der Waals surface area contributed by atoms with E-state index in [1.165, 1.54) is 17.6 Å². The third kappa shape index (κ3) is 2.53. The monoisotopic (exact) mass is 425 g/mol. The minimum Gasteiger partial charge on any atom is -0.438 e. The summed E-state index contributed by atoms with van der Waals surface area (Å²) in [5.41, 5.74) is 7.31. The van der Waals surface area contributed by atoms with Crippen molar-refractivity contribution in [2.45, 2.75) is 12.8 Å². The summed E-state index contributed by atoms with van der Waals surface area (Å²) in [6.45, 7) is 1.41. The highest BCUT2D eigenvalue weighted by Gasteiger charge is 2.38. The van der Waals surface area contributed by atoms with Crippen LogP contribution in [0.4, 0.5) is 4.39 Å². The Morgan fingerprint density at radius 2 is 2.07 bits per heavy atom. The molecule has 2 N–H and O–H groups in total. The number of hydrogen-bond donors (Lipinski definition) is 1. The van der Waals surface area contributed by atoms with Crippen molar-refractivity contribution in [1.82, 2.24) is 4.57 Å². The number of carbonyl (C=O) groups excluding carboxylic acids is 1. The highest BCUT2D eigenvalue weighted by atomic mass is 79.9. The molecule has 2 aromatic carbocycles. The molecule has 0 bridgehead atoms. The average Bonchev–Trinajstić information content (AvgIpc) is 2.97. The topological polar surface area (TPSA) is 81.0 Å². The molecule has 1 aromatic heterocycles. The Bertz CT molecular complexity index is 1190. The van der Waals surface area contributed by atoms with Crippen LogP contribution in [-0.4, -0.2) is 10.5 Å². The normalized spacial score (nSPS) is 16.0. The molecule has 0 amide bonds. The molecule has 5 nitrogen and oxygen atoms in total. The summed E-state index contributed by atoms with van der Waals surface area (Å²) in [6.07, 6.45) is 0. The van der Waals surface area contributed by atoms with Crippen molar-refractivity contribution in [1.29, 1.82) is 5.26 Å². The number of hydrogen-bond acceptors (Lipinski definition) is 4. The Kier molecular flexibility index (Phi) is 4.01. The first kappa shape index (κ1) is 17.3.